The molecule has 4 rings (SSSR count). The predicted molar refractivity (Wildman–Crippen MR) is 147 cm³/mol. The highest BCUT2D eigenvalue weighted by Gasteiger charge is 2.36. The van der Waals surface area contributed by atoms with Crippen molar-refractivity contribution in [2.45, 2.75) is 45.2 Å². The number of nitrogens with zero attached hydrogens (tertiary/aromatic N) is 1. The van der Waals surface area contributed by atoms with E-state index in [4.69, 9.17) is 9.15 Å². The van der Waals surface area contributed by atoms with E-state index in [0.717, 1.165) is 28.1 Å². The first-order chi connectivity index (χ1) is 17.9. The van der Waals surface area contributed by atoms with Crippen LogP contribution in [0.15, 0.2) is 83.3 Å². The lowest BCUT2D eigenvalue weighted by atomic mass is 9.87. The Morgan fingerprint density at radius 2 is 1.68 bits per heavy atom. The number of hydrogen-bond acceptors (Lipinski definition) is 5. The third-order valence-corrected chi connectivity index (χ3v) is 6.51. The fourth-order valence-electron chi connectivity index (χ4n) is 4.17. The van der Waals surface area contributed by atoms with E-state index < -0.39 is 11.5 Å². The summed E-state index contributed by atoms with van der Waals surface area (Å²) in [6.45, 7) is 4.51. The predicted octanol–water partition coefficient (Wildman–Crippen LogP) is 6.40. The number of carbonyl (C=O) groups is 1. The number of rotatable bonds is 12. The number of halogens is 2. The molecule has 3 aromatic carbocycles. The minimum Gasteiger partial charge on any atom is -0.493 e. The number of aryl methyl sites for hydroxylation is 1. The molecule has 8 heteroatoms. The van der Waals surface area contributed by atoms with Crippen molar-refractivity contribution in [1.29, 1.82) is 0 Å². The number of benzene rings is 3. The lowest BCUT2D eigenvalue weighted by Crippen LogP contribution is -2.53. The van der Waals surface area contributed by atoms with E-state index in [9.17, 15) is 14.3 Å². The van der Waals surface area contributed by atoms with Gasteiger partial charge in [0.05, 0.1) is 12.3 Å². The average molecular weight is 539 g/mol. The van der Waals surface area contributed by atoms with Crippen LogP contribution in [0.4, 0.5) is 4.39 Å². The van der Waals surface area contributed by atoms with Crippen molar-refractivity contribution in [1.82, 2.24) is 10.3 Å². The lowest BCUT2D eigenvalue weighted by Gasteiger charge is -2.30. The molecule has 200 valence electrons. The highest BCUT2D eigenvalue weighted by Crippen LogP contribution is 2.23. The highest BCUT2D eigenvalue weighted by molar-refractivity contribution is 5.85. The third-order valence-electron chi connectivity index (χ3n) is 6.51. The smallest absolute Gasteiger partial charge is 0.324 e. The second-order valence-electron chi connectivity index (χ2n) is 9.03. The molecule has 0 unspecified atom stereocenters. The molecule has 0 spiro atoms. The fraction of sp³-hybridized carbons (Fsp3) is 0.267. The van der Waals surface area contributed by atoms with Crippen LogP contribution in [0.5, 0.6) is 5.75 Å². The van der Waals surface area contributed by atoms with Crippen molar-refractivity contribution in [3.8, 4) is 17.2 Å². The standard InChI is InChI=1S/C30H31FN2O4.ClH/c1-3-30(29(34)35,32-20-23-9-13-25(31)14-10-23)19-22-11-15-26(16-12-22)36-18-17-27-21(2)37-28(33-27)24-7-5-4-6-8-24;/h4-16,32H,3,17-20H2,1-2H3,(H,34,35);1H/t30-;/m0./s1. The van der Waals surface area contributed by atoms with E-state index in [1.165, 1.54) is 12.1 Å². The highest BCUT2D eigenvalue weighted by atomic mass is 35.5. The summed E-state index contributed by atoms with van der Waals surface area (Å²) in [5, 5.41) is 13.2. The van der Waals surface area contributed by atoms with Gasteiger partial charge in [0.2, 0.25) is 5.89 Å². The summed E-state index contributed by atoms with van der Waals surface area (Å²) in [5.74, 6) is 0.832. The van der Waals surface area contributed by atoms with Gasteiger partial charge >= 0.3 is 5.97 Å². The SMILES string of the molecule is CC[C@@](Cc1ccc(OCCc2nc(-c3ccccc3)oc2C)cc1)(NCc1ccc(F)cc1)C(=O)O.Cl. The molecule has 1 heterocycles. The molecule has 0 aliphatic carbocycles. The fourth-order valence-corrected chi connectivity index (χ4v) is 4.17. The molecule has 1 aromatic heterocycles. The maximum atomic E-state index is 13.2. The Hall–Kier alpha value is -3.68. The molecule has 4 aromatic rings. The molecule has 0 fully saturated rings. The average Bonchev–Trinajstić information content (AvgIpc) is 3.29. The number of ether oxygens (including phenoxy) is 1. The molecule has 0 saturated carbocycles. The maximum absolute atomic E-state index is 13.2. The Balaban J connectivity index is 0.00000400. The zero-order valence-electron chi connectivity index (χ0n) is 21.4. The third kappa shape index (κ3) is 7.21. The Morgan fingerprint density at radius 3 is 2.32 bits per heavy atom. The minimum absolute atomic E-state index is 0. The summed E-state index contributed by atoms with van der Waals surface area (Å²) in [6, 6.07) is 23.3. The molecule has 0 amide bonds. The second kappa shape index (κ2) is 13.2. The van der Waals surface area contributed by atoms with Crippen molar-refractivity contribution in [2.24, 2.45) is 0 Å². The summed E-state index contributed by atoms with van der Waals surface area (Å²) >= 11 is 0. The van der Waals surface area contributed by atoms with E-state index >= 15 is 0 Å². The Bertz CT molecular complexity index is 1310. The van der Waals surface area contributed by atoms with Crippen LogP contribution in [0.2, 0.25) is 0 Å². The largest absolute Gasteiger partial charge is 0.493 e. The van der Waals surface area contributed by atoms with Crippen LogP contribution in [0, 0.1) is 12.7 Å². The number of oxazole rings is 1. The minimum atomic E-state index is -1.14. The van der Waals surface area contributed by atoms with Gasteiger partial charge in [-0.15, -0.1) is 12.4 Å². The number of carboxylic acid groups (broad SMARTS) is 1. The molecule has 0 aliphatic rings. The number of aromatic nitrogens is 1. The normalized spacial score (nSPS) is 12.4. The molecule has 2 N–H and O–H groups in total. The molecule has 1 atom stereocenters. The van der Waals surface area contributed by atoms with Crippen LogP contribution < -0.4 is 10.1 Å². The number of aliphatic carboxylic acids is 1. The van der Waals surface area contributed by atoms with Crippen LogP contribution in [0.1, 0.15) is 35.9 Å². The number of carboxylic acids is 1. The molecule has 6 nitrogen and oxygen atoms in total. The maximum Gasteiger partial charge on any atom is 0.324 e. The summed E-state index contributed by atoms with van der Waals surface area (Å²) < 4.78 is 24.9. The van der Waals surface area contributed by atoms with Gasteiger partial charge in [0.25, 0.3) is 0 Å². The summed E-state index contributed by atoms with van der Waals surface area (Å²) in [6.07, 6.45) is 1.31. The van der Waals surface area contributed by atoms with Crippen LogP contribution in [0.25, 0.3) is 11.5 Å². The summed E-state index contributed by atoms with van der Waals surface area (Å²) in [7, 11) is 0. The van der Waals surface area contributed by atoms with Gasteiger partial charge in [0.1, 0.15) is 22.9 Å². The molecular formula is C30H32ClFN2O4. The molecular weight excluding hydrogens is 507 g/mol. The van der Waals surface area contributed by atoms with Gasteiger partial charge in [-0.1, -0.05) is 49.4 Å². The number of nitrogens with one attached hydrogen (secondary N) is 1. The summed E-state index contributed by atoms with van der Waals surface area (Å²) in [4.78, 5) is 16.8. The zero-order valence-corrected chi connectivity index (χ0v) is 22.3. The molecule has 0 bridgehead atoms. The van der Waals surface area contributed by atoms with Crippen molar-refractivity contribution in [3.63, 3.8) is 0 Å². The van der Waals surface area contributed by atoms with E-state index in [-0.39, 0.29) is 18.2 Å². The van der Waals surface area contributed by atoms with Crippen LogP contribution in [-0.2, 0) is 24.2 Å². The van der Waals surface area contributed by atoms with Gasteiger partial charge in [-0.2, -0.15) is 0 Å². The molecule has 38 heavy (non-hydrogen) atoms. The van der Waals surface area contributed by atoms with Crippen molar-refractivity contribution in [3.05, 3.63) is 107 Å². The van der Waals surface area contributed by atoms with Gasteiger partial charge in [0.15, 0.2) is 0 Å². The number of hydrogen-bond donors (Lipinski definition) is 2. The van der Waals surface area contributed by atoms with E-state index in [1.807, 2.05) is 68.4 Å². The first-order valence-electron chi connectivity index (χ1n) is 12.3. The Labute approximate surface area is 228 Å². The molecule has 0 saturated heterocycles. The Kier molecular flexibility index (Phi) is 10.0. The van der Waals surface area contributed by atoms with Gasteiger partial charge in [0, 0.05) is 24.9 Å². The first-order valence-corrected chi connectivity index (χ1v) is 12.3. The Morgan fingerprint density at radius 1 is 1.03 bits per heavy atom. The summed E-state index contributed by atoms with van der Waals surface area (Å²) in [5.41, 5.74) is 2.35. The lowest BCUT2D eigenvalue weighted by molar-refractivity contribution is -0.145. The van der Waals surface area contributed by atoms with Gasteiger partial charge in [-0.3, -0.25) is 10.1 Å². The second-order valence-corrected chi connectivity index (χ2v) is 9.03. The van der Waals surface area contributed by atoms with Crippen molar-refractivity contribution >= 4 is 18.4 Å². The van der Waals surface area contributed by atoms with Crippen LogP contribution >= 0.6 is 12.4 Å². The van der Waals surface area contributed by atoms with Gasteiger partial charge in [-0.05, 0) is 60.9 Å². The molecule has 0 aliphatic heterocycles. The quantitative estimate of drug-likeness (QED) is 0.217. The monoisotopic (exact) mass is 538 g/mol. The van der Waals surface area contributed by atoms with Crippen LogP contribution in [0.3, 0.4) is 0 Å². The van der Waals surface area contributed by atoms with Gasteiger partial charge in [-0.25, -0.2) is 9.37 Å². The first kappa shape index (κ1) is 28.9. The molecule has 0 radical (unpaired) electrons. The van der Waals surface area contributed by atoms with E-state index in [1.54, 1.807) is 12.1 Å². The van der Waals surface area contributed by atoms with Crippen molar-refractivity contribution < 1.29 is 23.4 Å². The zero-order chi connectivity index (χ0) is 26.3. The van der Waals surface area contributed by atoms with E-state index in [2.05, 4.69) is 10.3 Å². The van der Waals surface area contributed by atoms with Crippen LogP contribution in [-0.4, -0.2) is 28.2 Å². The topological polar surface area (TPSA) is 84.6 Å². The van der Waals surface area contributed by atoms with Gasteiger partial charge < -0.3 is 14.3 Å². The van der Waals surface area contributed by atoms with E-state index in [0.29, 0.717) is 44.1 Å². The van der Waals surface area contributed by atoms with Crippen molar-refractivity contribution in [2.75, 3.05) is 6.61 Å².